The van der Waals surface area contributed by atoms with Crippen molar-refractivity contribution in [1.82, 2.24) is 25.1 Å². The summed E-state index contributed by atoms with van der Waals surface area (Å²) in [7, 11) is 1.96. The predicted molar refractivity (Wildman–Crippen MR) is 104 cm³/mol. The summed E-state index contributed by atoms with van der Waals surface area (Å²) in [6.45, 7) is 4.63. The van der Waals surface area contributed by atoms with Gasteiger partial charge in [0.05, 0.1) is 11.6 Å². The van der Waals surface area contributed by atoms with Crippen LogP contribution in [0.1, 0.15) is 25.7 Å². The standard InChI is InChI=1S/C20H26N6/c1-25-13-15(11-24-25)16-12-23-19-18(16)17(3-8-22-19)26-9-5-20(6-10-26)4-2-7-21-14-20/h3,8,11-13,21H,2,4-7,9-10,14H2,1H3,(H,22,23). The zero-order valence-electron chi connectivity index (χ0n) is 15.3. The maximum absolute atomic E-state index is 4.55. The van der Waals surface area contributed by atoms with Gasteiger partial charge in [0.2, 0.25) is 0 Å². The number of fused-ring (bicyclic) bond motifs is 1. The van der Waals surface area contributed by atoms with Crippen LogP contribution < -0.4 is 10.2 Å². The number of aromatic nitrogens is 4. The number of hydrogen-bond acceptors (Lipinski definition) is 4. The Bertz CT molecular complexity index is 907. The molecule has 5 rings (SSSR count). The molecule has 2 aliphatic rings. The smallest absolute Gasteiger partial charge is 0.139 e. The first kappa shape index (κ1) is 15.9. The molecule has 0 aliphatic carbocycles. The van der Waals surface area contributed by atoms with Gasteiger partial charge in [0.25, 0.3) is 0 Å². The number of nitrogens with zero attached hydrogens (tertiary/aromatic N) is 4. The molecule has 2 fully saturated rings. The van der Waals surface area contributed by atoms with E-state index in [1.54, 1.807) is 0 Å². The second kappa shape index (κ2) is 6.13. The van der Waals surface area contributed by atoms with Crippen LogP contribution in [-0.4, -0.2) is 45.9 Å². The molecule has 136 valence electrons. The lowest BCUT2D eigenvalue weighted by Gasteiger charge is -2.45. The van der Waals surface area contributed by atoms with Crippen molar-refractivity contribution in [2.75, 3.05) is 31.1 Å². The van der Waals surface area contributed by atoms with Crippen molar-refractivity contribution in [3.8, 4) is 11.1 Å². The SMILES string of the molecule is Cn1cc(-c2c[nH]c3nccc(N4CCC5(CCCNC5)CC4)c23)cn1. The van der Waals surface area contributed by atoms with Gasteiger partial charge in [0.1, 0.15) is 5.65 Å². The molecule has 5 heterocycles. The lowest BCUT2D eigenvalue weighted by atomic mass is 9.73. The number of anilines is 1. The van der Waals surface area contributed by atoms with E-state index in [9.17, 15) is 0 Å². The number of aryl methyl sites for hydroxylation is 1. The molecular formula is C20H26N6. The van der Waals surface area contributed by atoms with Crippen LogP contribution in [0.15, 0.2) is 30.9 Å². The van der Waals surface area contributed by atoms with Crippen LogP contribution in [-0.2, 0) is 7.05 Å². The molecule has 2 saturated heterocycles. The Balaban J connectivity index is 1.49. The zero-order valence-corrected chi connectivity index (χ0v) is 15.3. The van der Waals surface area contributed by atoms with E-state index in [4.69, 9.17) is 0 Å². The minimum atomic E-state index is 0.519. The Morgan fingerprint density at radius 2 is 2.08 bits per heavy atom. The van der Waals surface area contributed by atoms with Crippen LogP contribution in [0.4, 0.5) is 5.69 Å². The zero-order chi connectivity index (χ0) is 17.6. The molecule has 0 bridgehead atoms. The molecule has 1 spiro atoms. The molecular weight excluding hydrogens is 324 g/mol. The molecule has 3 aromatic rings. The molecule has 2 N–H and O–H groups in total. The third kappa shape index (κ3) is 2.60. The van der Waals surface area contributed by atoms with Crippen LogP contribution in [0.25, 0.3) is 22.2 Å². The largest absolute Gasteiger partial charge is 0.371 e. The van der Waals surface area contributed by atoms with Crippen molar-refractivity contribution in [2.24, 2.45) is 12.5 Å². The molecule has 0 amide bonds. The number of piperidine rings is 2. The highest BCUT2D eigenvalue weighted by Crippen LogP contribution is 2.41. The summed E-state index contributed by atoms with van der Waals surface area (Å²) < 4.78 is 1.85. The first-order valence-electron chi connectivity index (χ1n) is 9.65. The molecule has 3 aromatic heterocycles. The molecule has 0 unspecified atom stereocenters. The lowest BCUT2D eigenvalue weighted by molar-refractivity contribution is 0.161. The van der Waals surface area contributed by atoms with E-state index < -0.39 is 0 Å². The molecule has 6 heteroatoms. The summed E-state index contributed by atoms with van der Waals surface area (Å²) >= 11 is 0. The first-order valence-corrected chi connectivity index (χ1v) is 9.65. The molecule has 0 saturated carbocycles. The van der Waals surface area contributed by atoms with E-state index >= 15 is 0 Å². The highest BCUT2D eigenvalue weighted by atomic mass is 15.2. The van der Waals surface area contributed by atoms with Crippen LogP contribution in [0.5, 0.6) is 0 Å². The summed E-state index contributed by atoms with van der Waals surface area (Å²) in [5.41, 5.74) is 5.11. The third-order valence-electron chi connectivity index (χ3n) is 6.29. The highest BCUT2D eigenvalue weighted by molar-refractivity contribution is 6.02. The fraction of sp³-hybridized carbons (Fsp3) is 0.500. The van der Waals surface area contributed by atoms with Crippen molar-refractivity contribution in [3.63, 3.8) is 0 Å². The molecule has 0 atom stereocenters. The number of aromatic amines is 1. The van der Waals surface area contributed by atoms with Crippen LogP contribution >= 0.6 is 0 Å². The Morgan fingerprint density at radius 3 is 2.81 bits per heavy atom. The van der Waals surface area contributed by atoms with Crippen LogP contribution in [0.3, 0.4) is 0 Å². The quantitative estimate of drug-likeness (QED) is 0.746. The molecule has 2 aliphatic heterocycles. The van der Waals surface area contributed by atoms with E-state index in [1.165, 1.54) is 55.4 Å². The van der Waals surface area contributed by atoms with Crippen molar-refractivity contribution in [1.29, 1.82) is 0 Å². The average Bonchev–Trinajstić information content (AvgIpc) is 3.29. The fourth-order valence-corrected chi connectivity index (χ4v) is 4.77. The minimum absolute atomic E-state index is 0.519. The van der Waals surface area contributed by atoms with Crippen molar-refractivity contribution < 1.29 is 0 Å². The lowest BCUT2D eigenvalue weighted by Crippen LogP contribution is -2.48. The van der Waals surface area contributed by atoms with Gasteiger partial charge in [-0.25, -0.2) is 4.98 Å². The molecule has 0 aromatic carbocycles. The highest BCUT2D eigenvalue weighted by Gasteiger charge is 2.36. The van der Waals surface area contributed by atoms with Gasteiger partial charge >= 0.3 is 0 Å². The van der Waals surface area contributed by atoms with Crippen molar-refractivity contribution in [3.05, 3.63) is 30.9 Å². The second-order valence-corrected chi connectivity index (χ2v) is 7.93. The van der Waals surface area contributed by atoms with Crippen LogP contribution in [0.2, 0.25) is 0 Å². The number of pyridine rings is 1. The predicted octanol–water partition coefficient (Wildman–Crippen LogP) is 2.93. The Hall–Kier alpha value is -2.34. The van der Waals surface area contributed by atoms with E-state index in [-0.39, 0.29) is 0 Å². The summed E-state index contributed by atoms with van der Waals surface area (Å²) in [6, 6.07) is 2.17. The summed E-state index contributed by atoms with van der Waals surface area (Å²) in [5, 5.41) is 9.18. The van der Waals surface area contributed by atoms with Gasteiger partial charge in [-0.3, -0.25) is 4.68 Å². The summed E-state index contributed by atoms with van der Waals surface area (Å²) in [5.74, 6) is 0. The van der Waals surface area contributed by atoms with Gasteiger partial charge in [-0.2, -0.15) is 5.10 Å². The van der Waals surface area contributed by atoms with Gasteiger partial charge in [0.15, 0.2) is 0 Å². The van der Waals surface area contributed by atoms with Gasteiger partial charge < -0.3 is 15.2 Å². The van der Waals surface area contributed by atoms with Crippen molar-refractivity contribution in [2.45, 2.75) is 25.7 Å². The molecule has 0 radical (unpaired) electrons. The Morgan fingerprint density at radius 1 is 1.19 bits per heavy atom. The van der Waals surface area contributed by atoms with Crippen molar-refractivity contribution >= 4 is 16.7 Å². The normalized spacial score (nSPS) is 20.1. The van der Waals surface area contributed by atoms with E-state index in [0.29, 0.717) is 5.41 Å². The Labute approximate surface area is 153 Å². The number of rotatable bonds is 2. The second-order valence-electron chi connectivity index (χ2n) is 7.93. The topological polar surface area (TPSA) is 61.8 Å². The monoisotopic (exact) mass is 350 g/mol. The van der Waals surface area contributed by atoms with Gasteiger partial charge in [0, 0.05) is 62.1 Å². The van der Waals surface area contributed by atoms with Crippen LogP contribution in [0, 0.1) is 5.41 Å². The minimum Gasteiger partial charge on any atom is -0.371 e. The average molecular weight is 350 g/mol. The third-order valence-corrected chi connectivity index (χ3v) is 6.29. The van der Waals surface area contributed by atoms with Gasteiger partial charge in [-0.15, -0.1) is 0 Å². The summed E-state index contributed by atoms with van der Waals surface area (Å²) in [4.78, 5) is 10.5. The maximum Gasteiger partial charge on any atom is 0.139 e. The first-order chi connectivity index (χ1) is 12.7. The van der Waals surface area contributed by atoms with E-state index in [2.05, 4.69) is 43.7 Å². The van der Waals surface area contributed by atoms with E-state index in [0.717, 1.165) is 24.3 Å². The number of nitrogens with one attached hydrogen (secondary N) is 2. The van der Waals surface area contributed by atoms with E-state index in [1.807, 2.05) is 24.1 Å². The van der Waals surface area contributed by atoms with Gasteiger partial charge in [-0.05, 0) is 43.7 Å². The number of H-pyrrole nitrogens is 1. The fourth-order valence-electron chi connectivity index (χ4n) is 4.77. The Kier molecular flexibility index (Phi) is 3.74. The number of hydrogen-bond donors (Lipinski definition) is 2. The summed E-state index contributed by atoms with van der Waals surface area (Å²) in [6.07, 6.45) is 13.2. The maximum atomic E-state index is 4.55. The van der Waals surface area contributed by atoms with Gasteiger partial charge in [-0.1, -0.05) is 0 Å². The molecule has 26 heavy (non-hydrogen) atoms. The molecule has 6 nitrogen and oxygen atoms in total.